The van der Waals surface area contributed by atoms with E-state index in [-0.39, 0.29) is 29.7 Å². The summed E-state index contributed by atoms with van der Waals surface area (Å²) in [6, 6.07) is 11.2. The standard InChI is InChI=1S/C24H28N2O3/c1-15(24-11-16-8-17(12-24)10-18(9-16)13-24)25-22(27)14-29-23(28)21-7-6-19-4-2-3-5-20(19)26-21/h2-7,15-18H,8-14H2,1H3,(H,25,27)/t15-,16?,17?,18?,24?/m0/s1. The molecule has 4 aliphatic carbocycles. The summed E-state index contributed by atoms with van der Waals surface area (Å²) in [4.78, 5) is 29.2. The van der Waals surface area contributed by atoms with E-state index in [1.165, 1.54) is 38.5 Å². The highest BCUT2D eigenvalue weighted by Gasteiger charge is 2.53. The van der Waals surface area contributed by atoms with Crippen molar-refractivity contribution in [2.75, 3.05) is 6.61 Å². The average Bonchev–Trinajstić information content (AvgIpc) is 2.70. The maximum absolute atomic E-state index is 12.5. The molecule has 5 nitrogen and oxygen atoms in total. The Morgan fingerprint density at radius 3 is 2.41 bits per heavy atom. The van der Waals surface area contributed by atoms with Gasteiger partial charge in [0.2, 0.25) is 0 Å². The van der Waals surface area contributed by atoms with Crippen LogP contribution < -0.4 is 5.32 Å². The topological polar surface area (TPSA) is 68.3 Å². The largest absolute Gasteiger partial charge is 0.451 e. The van der Waals surface area contributed by atoms with Gasteiger partial charge in [-0.1, -0.05) is 24.3 Å². The van der Waals surface area contributed by atoms with E-state index in [2.05, 4.69) is 17.2 Å². The minimum Gasteiger partial charge on any atom is -0.451 e. The second-order valence-corrected chi connectivity index (χ2v) is 9.53. The normalized spacial score (nSPS) is 30.9. The Morgan fingerprint density at radius 1 is 1.07 bits per heavy atom. The number of fused-ring (bicyclic) bond motifs is 1. The highest BCUT2D eigenvalue weighted by atomic mass is 16.5. The van der Waals surface area contributed by atoms with Gasteiger partial charge in [0.25, 0.3) is 5.91 Å². The predicted octanol–water partition coefficient (Wildman–Crippen LogP) is 4.11. The lowest BCUT2D eigenvalue weighted by atomic mass is 9.48. The summed E-state index contributed by atoms with van der Waals surface area (Å²) in [6.45, 7) is 1.88. The van der Waals surface area contributed by atoms with Crippen LogP contribution in [0.2, 0.25) is 0 Å². The van der Waals surface area contributed by atoms with Crippen LogP contribution in [0.4, 0.5) is 0 Å². The highest BCUT2D eigenvalue weighted by Crippen LogP contribution is 2.61. The monoisotopic (exact) mass is 392 g/mol. The predicted molar refractivity (Wildman–Crippen MR) is 110 cm³/mol. The summed E-state index contributed by atoms with van der Waals surface area (Å²) >= 11 is 0. The van der Waals surface area contributed by atoms with E-state index in [0.29, 0.717) is 0 Å². The first-order chi connectivity index (χ1) is 14.0. The first kappa shape index (κ1) is 18.6. The molecule has 0 spiro atoms. The number of pyridine rings is 1. The number of carbonyl (C=O) groups excluding carboxylic acids is 2. The minimum absolute atomic E-state index is 0.126. The summed E-state index contributed by atoms with van der Waals surface area (Å²) in [6.07, 6.45) is 7.87. The number of hydrogen-bond donors (Lipinski definition) is 1. The van der Waals surface area contributed by atoms with Gasteiger partial charge in [-0.2, -0.15) is 0 Å². The van der Waals surface area contributed by atoms with Crippen molar-refractivity contribution in [3.8, 4) is 0 Å². The van der Waals surface area contributed by atoms with E-state index in [9.17, 15) is 9.59 Å². The van der Waals surface area contributed by atoms with E-state index in [1.54, 1.807) is 6.07 Å². The Bertz CT molecular complexity index is 919. The van der Waals surface area contributed by atoms with Crippen molar-refractivity contribution in [2.45, 2.75) is 51.5 Å². The third-order valence-corrected chi connectivity index (χ3v) is 7.52. The molecule has 6 rings (SSSR count). The van der Waals surface area contributed by atoms with Gasteiger partial charge in [-0.25, -0.2) is 9.78 Å². The molecule has 2 aromatic rings. The second-order valence-electron chi connectivity index (χ2n) is 9.53. The molecule has 1 amide bonds. The fourth-order valence-electron chi connectivity index (χ4n) is 6.53. The third kappa shape index (κ3) is 3.52. The van der Waals surface area contributed by atoms with Crippen molar-refractivity contribution >= 4 is 22.8 Å². The molecule has 1 atom stereocenters. The number of aromatic nitrogens is 1. The number of rotatable bonds is 5. The highest BCUT2D eigenvalue weighted by molar-refractivity contribution is 5.92. The van der Waals surface area contributed by atoms with Gasteiger partial charge >= 0.3 is 5.97 Å². The number of nitrogens with zero attached hydrogens (tertiary/aromatic N) is 1. The van der Waals surface area contributed by atoms with Crippen LogP contribution in [0.25, 0.3) is 10.9 Å². The maximum atomic E-state index is 12.5. The smallest absolute Gasteiger partial charge is 0.357 e. The summed E-state index contributed by atoms with van der Waals surface area (Å²) in [7, 11) is 0. The number of carbonyl (C=O) groups is 2. The maximum Gasteiger partial charge on any atom is 0.357 e. The number of nitrogens with one attached hydrogen (secondary N) is 1. The van der Waals surface area contributed by atoms with Crippen LogP contribution in [0.15, 0.2) is 36.4 Å². The van der Waals surface area contributed by atoms with Crippen molar-refractivity contribution in [2.24, 2.45) is 23.2 Å². The van der Waals surface area contributed by atoms with Gasteiger partial charge in [-0.3, -0.25) is 4.79 Å². The van der Waals surface area contributed by atoms with Crippen LogP contribution >= 0.6 is 0 Å². The van der Waals surface area contributed by atoms with Crippen molar-refractivity contribution < 1.29 is 14.3 Å². The van der Waals surface area contributed by atoms with Crippen molar-refractivity contribution in [3.05, 3.63) is 42.1 Å². The van der Waals surface area contributed by atoms with Gasteiger partial charge in [0.05, 0.1) is 5.52 Å². The van der Waals surface area contributed by atoms with E-state index in [0.717, 1.165) is 28.7 Å². The summed E-state index contributed by atoms with van der Waals surface area (Å²) < 4.78 is 5.25. The van der Waals surface area contributed by atoms with E-state index >= 15 is 0 Å². The molecule has 1 aromatic heterocycles. The summed E-state index contributed by atoms with van der Waals surface area (Å²) in [5.74, 6) is 1.75. The zero-order valence-corrected chi connectivity index (χ0v) is 16.9. The Hall–Kier alpha value is -2.43. The molecule has 0 unspecified atom stereocenters. The fraction of sp³-hybridized carbons (Fsp3) is 0.542. The van der Waals surface area contributed by atoms with Gasteiger partial charge in [0.1, 0.15) is 5.69 Å². The van der Waals surface area contributed by atoms with E-state index in [4.69, 9.17) is 4.74 Å². The van der Waals surface area contributed by atoms with Gasteiger partial charge in [-0.15, -0.1) is 0 Å². The summed E-state index contributed by atoms with van der Waals surface area (Å²) in [5, 5.41) is 4.10. The van der Waals surface area contributed by atoms with Crippen LogP contribution in [-0.4, -0.2) is 29.5 Å². The molecule has 0 radical (unpaired) electrons. The molecular formula is C24H28N2O3. The molecule has 29 heavy (non-hydrogen) atoms. The number of amides is 1. The Morgan fingerprint density at radius 2 is 1.72 bits per heavy atom. The number of para-hydroxylation sites is 1. The minimum atomic E-state index is -0.562. The molecule has 1 aromatic carbocycles. The van der Waals surface area contributed by atoms with E-state index in [1.807, 2.05) is 30.3 Å². The van der Waals surface area contributed by atoms with Gasteiger partial charge < -0.3 is 10.1 Å². The van der Waals surface area contributed by atoms with Crippen LogP contribution in [0.5, 0.6) is 0 Å². The van der Waals surface area contributed by atoms with Gasteiger partial charge in [0.15, 0.2) is 6.61 Å². The lowest BCUT2D eigenvalue weighted by molar-refractivity contribution is -0.128. The van der Waals surface area contributed by atoms with Crippen molar-refractivity contribution in [3.63, 3.8) is 0 Å². The SMILES string of the molecule is C[C@H](NC(=O)COC(=O)c1ccc2ccccc2n1)C12CC3CC(CC(C3)C1)C2. The lowest BCUT2D eigenvalue weighted by Crippen LogP contribution is -2.56. The molecule has 4 saturated carbocycles. The van der Waals surface area contributed by atoms with Crippen LogP contribution in [0.3, 0.4) is 0 Å². The number of esters is 1. The fourth-order valence-corrected chi connectivity index (χ4v) is 6.53. The molecule has 1 N–H and O–H groups in total. The Kier molecular flexibility index (Phi) is 4.56. The summed E-state index contributed by atoms with van der Waals surface area (Å²) in [5.41, 5.74) is 1.21. The Labute approximate surface area is 171 Å². The molecular weight excluding hydrogens is 364 g/mol. The van der Waals surface area contributed by atoms with Crippen LogP contribution in [0.1, 0.15) is 55.9 Å². The first-order valence-corrected chi connectivity index (χ1v) is 10.8. The molecule has 152 valence electrons. The molecule has 4 fully saturated rings. The van der Waals surface area contributed by atoms with Crippen molar-refractivity contribution in [1.29, 1.82) is 0 Å². The van der Waals surface area contributed by atoms with Gasteiger partial charge in [0, 0.05) is 11.4 Å². The molecule has 4 aliphatic rings. The van der Waals surface area contributed by atoms with E-state index < -0.39 is 5.97 Å². The molecule has 0 saturated heterocycles. The van der Waals surface area contributed by atoms with Crippen LogP contribution in [0, 0.1) is 23.2 Å². The molecule has 4 bridgehead atoms. The molecule has 1 heterocycles. The lowest BCUT2D eigenvalue weighted by Gasteiger charge is -2.59. The number of benzene rings is 1. The molecule has 5 heteroatoms. The van der Waals surface area contributed by atoms with Gasteiger partial charge in [-0.05, 0) is 80.8 Å². The zero-order chi connectivity index (χ0) is 20.0. The first-order valence-electron chi connectivity index (χ1n) is 10.8. The molecule has 0 aliphatic heterocycles. The zero-order valence-electron chi connectivity index (χ0n) is 16.9. The quantitative estimate of drug-likeness (QED) is 0.778. The Balaban J connectivity index is 1.18. The van der Waals surface area contributed by atoms with Crippen molar-refractivity contribution in [1.82, 2.24) is 10.3 Å². The third-order valence-electron chi connectivity index (χ3n) is 7.52. The number of hydrogen-bond acceptors (Lipinski definition) is 4. The average molecular weight is 392 g/mol. The van der Waals surface area contributed by atoms with Crippen LogP contribution in [-0.2, 0) is 9.53 Å². The number of ether oxygens (including phenoxy) is 1. The second kappa shape index (κ2) is 7.12.